The molecule has 3 N–H and O–H groups in total. The van der Waals surface area contributed by atoms with E-state index in [4.69, 9.17) is 10.5 Å². The Labute approximate surface area is 123 Å². The molecule has 1 unspecified atom stereocenters. The van der Waals surface area contributed by atoms with E-state index in [2.05, 4.69) is 38.2 Å². The van der Waals surface area contributed by atoms with E-state index in [0.29, 0.717) is 6.54 Å². The van der Waals surface area contributed by atoms with Crippen LogP contribution in [0, 0.1) is 5.92 Å². The average Bonchev–Trinajstić information content (AvgIpc) is 2.50. The van der Waals surface area contributed by atoms with Gasteiger partial charge in [-0.05, 0) is 36.6 Å². The van der Waals surface area contributed by atoms with E-state index in [9.17, 15) is 0 Å². The molecule has 1 atom stereocenters. The lowest BCUT2D eigenvalue weighted by molar-refractivity contribution is 0.316. The highest BCUT2D eigenvalue weighted by Gasteiger charge is 2.12. The molecule has 0 spiro atoms. The summed E-state index contributed by atoms with van der Waals surface area (Å²) in [5.74, 6) is 1.66. The lowest BCUT2D eigenvalue weighted by Gasteiger charge is -2.21. The molecular weight excluding hydrogens is 248 g/mol. The summed E-state index contributed by atoms with van der Waals surface area (Å²) in [6.45, 7) is 8.99. The van der Waals surface area contributed by atoms with Gasteiger partial charge in [-0.1, -0.05) is 45.7 Å². The molecule has 0 aliphatic carbocycles. The third kappa shape index (κ3) is 5.51. The molecule has 0 heterocycles. The second kappa shape index (κ2) is 9.78. The van der Waals surface area contributed by atoms with Gasteiger partial charge in [0, 0.05) is 12.6 Å². The fourth-order valence-corrected chi connectivity index (χ4v) is 2.26. The van der Waals surface area contributed by atoms with Crippen molar-refractivity contribution >= 4 is 0 Å². The van der Waals surface area contributed by atoms with E-state index in [-0.39, 0.29) is 6.04 Å². The van der Waals surface area contributed by atoms with Gasteiger partial charge in [-0.15, -0.1) is 0 Å². The fraction of sp³-hybridized carbons (Fsp3) is 0.647. The van der Waals surface area contributed by atoms with Crippen molar-refractivity contribution in [3.05, 3.63) is 29.8 Å². The van der Waals surface area contributed by atoms with Gasteiger partial charge in [0.1, 0.15) is 5.75 Å². The summed E-state index contributed by atoms with van der Waals surface area (Å²) < 4.78 is 5.69. The van der Waals surface area contributed by atoms with Gasteiger partial charge in [-0.3, -0.25) is 0 Å². The first-order valence-electron chi connectivity index (χ1n) is 7.91. The molecule has 1 rings (SSSR count). The van der Waals surface area contributed by atoms with E-state index < -0.39 is 0 Å². The highest BCUT2D eigenvalue weighted by molar-refractivity contribution is 5.30. The Kier molecular flexibility index (Phi) is 8.31. The largest absolute Gasteiger partial charge is 0.494 e. The Morgan fingerprint density at radius 3 is 2.55 bits per heavy atom. The lowest BCUT2D eigenvalue weighted by atomic mass is 10.0. The smallest absolute Gasteiger partial charge is 0.119 e. The first-order chi connectivity index (χ1) is 9.74. The van der Waals surface area contributed by atoms with Crippen LogP contribution in [0.15, 0.2) is 24.3 Å². The van der Waals surface area contributed by atoms with Gasteiger partial charge in [0.2, 0.25) is 0 Å². The van der Waals surface area contributed by atoms with Gasteiger partial charge in [-0.25, -0.2) is 0 Å². The van der Waals surface area contributed by atoms with Crippen molar-refractivity contribution in [2.75, 3.05) is 19.7 Å². The van der Waals surface area contributed by atoms with Crippen LogP contribution in [0.25, 0.3) is 0 Å². The molecule has 0 amide bonds. The summed E-state index contributed by atoms with van der Waals surface area (Å²) in [6, 6.07) is 8.49. The summed E-state index contributed by atoms with van der Waals surface area (Å²) >= 11 is 0. The predicted octanol–water partition coefficient (Wildman–Crippen LogP) is 3.50. The van der Waals surface area contributed by atoms with Crippen LogP contribution < -0.4 is 15.8 Å². The van der Waals surface area contributed by atoms with Crippen LogP contribution in [0.4, 0.5) is 0 Å². The minimum absolute atomic E-state index is 0.209. The highest BCUT2D eigenvalue weighted by atomic mass is 16.5. The zero-order valence-corrected chi connectivity index (χ0v) is 13.2. The number of nitrogens with one attached hydrogen (secondary N) is 1. The fourth-order valence-electron chi connectivity index (χ4n) is 2.26. The van der Waals surface area contributed by atoms with Crippen molar-refractivity contribution in [3.8, 4) is 5.75 Å². The standard InChI is InChI=1S/C17H30N2O/c1-4-10-20-16-9-7-8-15(11-16)17(12-18)19-13-14(5-2)6-3/h7-9,11,14,17,19H,4-6,10,12-13,18H2,1-3H3. The minimum Gasteiger partial charge on any atom is -0.494 e. The van der Waals surface area contributed by atoms with Crippen molar-refractivity contribution in [2.45, 2.75) is 46.1 Å². The van der Waals surface area contributed by atoms with Gasteiger partial charge in [0.05, 0.1) is 6.61 Å². The van der Waals surface area contributed by atoms with Gasteiger partial charge < -0.3 is 15.8 Å². The van der Waals surface area contributed by atoms with Crippen LogP contribution in [0.5, 0.6) is 5.75 Å². The topological polar surface area (TPSA) is 47.3 Å². The van der Waals surface area contributed by atoms with Gasteiger partial charge in [0.15, 0.2) is 0 Å². The molecule has 0 radical (unpaired) electrons. The molecule has 0 aromatic heterocycles. The van der Waals surface area contributed by atoms with Crippen LogP contribution in [0.3, 0.4) is 0 Å². The van der Waals surface area contributed by atoms with Crippen molar-refractivity contribution in [2.24, 2.45) is 11.7 Å². The first kappa shape index (κ1) is 17.0. The molecule has 0 bridgehead atoms. The van der Waals surface area contributed by atoms with E-state index in [1.165, 1.54) is 18.4 Å². The third-order valence-electron chi connectivity index (χ3n) is 3.78. The van der Waals surface area contributed by atoms with E-state index in [1.54, 1.807) is 0 Å². The molecule has 20 heavy (non-hydrogen) atoms. The Hall–Kier alpha value is -1.06. The molecule has 0 saturated carbocycles. The molecule has 3 nitrogen and oxygen atoms in total. The summed E-state index contributed by atoms with van der Waals surface area (Å²) in [5.41, 5.74) is 7.14. The number of rotatable bonds is 10. The molecule has 114 valence electrons. The number of ether oxygens (including phenoxy) is 1. The maximum atomic E-state index is 5.92. The van der Waals surface area contributed by atoms with Gasteiger partial charge >= 0.3 is 0 Å². The average molecular weight is 278 g/mol. The molecule has 1 aromatic rings. The highest BCUT2D eigenvalue weighted by Crippen LogP contribution is 2.19. The normalized spacial score (nSPS) is 12.7. The molecule has 0 fully saturated rings. The number of benzene rings is 1. The number of hydrogen-bond acceptors (Lipinski definition) is 3. The molecule has 3 heteroatoms. The van der Waals surface area contributed by atoms with E-state index in [0.717, 1.165) is 31.2 Å². The Morgan fingerprint density at radius 2 is 1.95 bits per heavy atom. The Bertz CT molecular complexity index is 364. The SMILES string of the molecule is CCCOc1cccc(C(CN)NCC(CC)CC)c1. The van der Waals surface area contributed by atoms with Crippen molar-refractivity contribution in [1.29, 1.82) is 0 Å². The van der Waals surface area contributed by atoms with Crippen LogP contribution in [0.2, 0.25) is 0 Å². The summed E-state index contributed by atoms with van der Waals surface area (Å²) in [4.78, 5) is 0. The maximum Gasteiger partial charge on any atom is 0.119 e. The molecule has 0 saturated heterocycles. The zero-order valence-electron chi connectivity index (χ0n) is 13.2. The van der Waals surface area contributed by atoms with E-state index >= 15 is 0 Å². The quantitative estimate of drug-likeness (QED) is 0.688. The van der Waals surface area contributed by atoms with Gasteiger partial charge in [0.25, 0.3) is 0 Å². The van der Waals surface area contributed by atoms with Crippen molar-refractivity contribution in [3.63, 3.8) is 0 Å². The third-order valence-corrected chi connectivity index (χ3v) is 3.78. The summed E-state index contributed by atoms with van der Waals surface area (Å²) in [6.07, 6.45) is 3.44. The van der Waals surface area contributed by atoms with Crippen molar-refractivity contribution < 1.29 is 4.74 Å². The molecule has 0 aliphatic heterocycles. The second-order valence-electron chi connectivity index (χ2n) is 5.30. The van der Waals surface area contributed by atoms with Crippen LogP contribution in [0.1, 0.15) is 51.6 Å². The monoisotopic (exact) mass is 278 g/mol. The Balaban J connectivity index is 2.64. The minimum atomic E-state index is 0.209. The Morgan fingerprint density at radius 1 is 1.20 bits per heavy atom. The summed E-state index contributed by atoms with van der Waals surface area (Å²) in [5, 5.41) is 3.59. The number of nitrogens with two attached hydrogens (primary N) is 1. The van der Waals surface area contributed by atoms with Crippen LogP contribution in [-0.4, -0.2) is 19.7 Å². The maximum absolute atomic E-state index is 5.92. The molecule has 1 aromatic carbocycles. The van der Waals surface area contributed by atoms with E-state index in [1.807, 2.05) is 12.1 Å². The summed E-state index contributed by atoms with van der Waals surface area (Å²) in [7, 11) is 0. The molecule has 0 aliphatic rings. The van der Waals surface area contributed by atoms with Gasteiger partial charge in [-0.2, -0.15) is 0 Å². The zero-order chi connectivity index (χ0) is 14.8. The first-order valence-corrected chi connectivity index (χ1v) is 7.91. The molecular formula is C17H30N2O. The van der Waals surface area contributed by atoms with Crippen molar-refractivity contribution in [1.82, 2.24) is 5.32 Å². The predicted molar refractivity (Wildman–Crippen MR) is 86.1 cm³/mol. The lowest BCUT2D eigenvalue weighted by Crippen LogP contribution is -2.32. The number of hydrogen-bond donors (Lipinski definition) is 2. The van der Waals surface area contributed by atoms with Crippen LogP contribution in [-0.2, 0) is 0 Å². The van der Waals surface area contributed by atoms with Crippen LogP contribution >= 0.6 is 0 Å². The second-order valence-corrected chi connectivity index (χ2v) is 5.30.